The Balaban J connectivity index is 2.11. The maximum atomic E-state index is 6.28. The number of ether oxygens (including phenoxy) is 3. The molecule has 122 valence electrons. The zero-order chi connectivity index (χ0) is 16.2. The Bertz CT molecular complexity index is 537. The molecule has 5 heteroatoms. The van der Waals surface area contributed by atoms with Crippen molar-refractivity contribution in [3.8, 4) is 11.5 Å². The first-order chi connectivity index (χ1) is 10.4. The molecule has 1 atom stereocenters. The van der Waals surface area contributed by atoms with Gasteiger partial charge in [-0.3, -0.25) is 4.99 Å². The summed E-state index contributed by atoms with van der Waals surface area (Å²) < 4.78 is 16.6. The zero-order valence-electron chi connectivity index (χ0n) is 13.7. The molecule has 1 aliphatic heterocycles. The van der Waals surface area contributed by atoms with Crippen molar-refractivity contribution in [1.82, 2.24) is 0 Å². The number of hydrogen-bond acceptors (Lipinski definition) is 4. The quantitative estimate of drug-likeness (QED) is 0.769. The highest BCUT2D eigenvalue weighted by atomic mass is 35.5. The predicted molar refractivity (Wildman–Crippen MR) is 89.8 cm³/mol. The molecule has 0 saturated heterocycles. The molecule has 22 heavy (non-hydrogen) atoms. The summed E-state index contributed by atoms with van der Waals surface area (Å²) in [6, 6.07) is 3.81. The monoisotopic (exact) mass is 325 g/mol. The molecule has 1 aromatic carbocycles. The fraction of sp³-hybridized carbons (Fsp3) is 0.588. The lowest BCUT2D eigenvalue weighted by molar-refractivity contribution is 0.172. The van der Waals surface area contributed by atoms with Crippen LogP contribution in [-0.2, 0) is 4.74 Å². The van der Waals surface area contributed by atoms with Gasteiger partial charge in [0.05, 0.1) is 17.7 Å². The smallest absolute Gasteiger partial charge is 0.141 e. The molecule has 1 aliphatic rings. The van der Waals surface area contributed by atoms with Gasteiger partial charge in [-0.05, 0) is 11.5 Å². The molecule has 0 amide bonds. The van der Waals surface area contributed by atoms with Crippen LogP contribution in [0.25, 0.3) is 0 Å². The first-order valence-electron chi connectivity index (χ1n) is 7.53. The van der Waals surface area contributed by atoms with Crippen LogP contribution in [0.5, 0.6) is 11.5 Å². The fourth-order valence-electron chi connectivity index (χ4n) is 2.13. The predicted octanol–water partition coefficient (Wildman–Crippen LogP) is 3.98. The minimum Gasteiger partial charge on any atom is -0.492 e. The molecule has 1 heterocycles. The average molecular weight is 326 g/mol. The Labute approximate surface area is 137 Å². The molecule has 1 aromatic rings. The highest BCUT2D eigenvalue weighted by Crippen LogP contribution is 2.34. The SMILES string of the molecule is COCCCOc1cc2c(cc1Cl)C=N[C@H](C(C)(C)C)CO2. The molecule has 0 N–H and O–H groups in total. The Morgan fingerprint density at radius 1 is 1.32 bits per heavy atom. The highest BCUT2D eigenvalue weighted by Gasteiger charge is 2.26. The van der Waals surface area contributed by atoms with E-state index in [1.165, 1.54) is 0 Å². The molecule has 0 unspecified atom stereocenters. The molecule has 0 bridgehead atoms. The molecule has 4 nitrogen and oxygen atoms in total. The van der Waals surface area contributed by atoms with Crippen molar-refractivity contribution in [2.45, 2.75) is 33.2 Å². The number of hydrogen-bond donors (Lipinski definition) is 0. The van der Waals surface area contributed by atoms with Gasteiger partial charge in [-0.15, -0.1) is 0 Å². The van der Waals surface area contributed by atoms with Gasteiger partial charge in [-0.25, -0.2) is 0 Å². The first kappa shape index (κ1) is 17.1. The van der Waals surface area contributed by atoms with Gasteiger partial charge in [0, 0.05) is 38.0 Å². The summed E-state index contributed by atoms with van der Waals surface area (Å²) in [5.74, 6) is 1.40. The number of aliphatic imine (C=N–C) groups is 1. The maximum absolute atomic E-state index is 6.28. The number of nitrogens with zero attached hydrogens (tertiary/aromatic N) is 1. The van der Waals surface area contributed by atoms with Crippen LogP contribution in [0.1, 0.15) is 32.8 Å². The summed E-state index contributed by atoms with van der Waals surface area (Å²) in [5, 5.41) is 0.570. The van der Waals surface area contributed by atoms with Crippen molar-refractivity contribution >= 4 is 17.8 Å². The maximum Gasteiger partial charge on any atom is 0.141 e. The number of halogens is 1. The summed E-state index contributed by atoms with van der Waals surface area (Å²) in [6.45, 7) is 8.25. The molecule has 2 rings (SSSR count). The van der Waals surface area contributed by atoms with Gasteiger partial charge < -0.3 is 14.2 Å². The molecule has 0 saturated carbocycles. The lowest BCUT2D eigenvalue weighted by atomic mass is 9.88. The second-order valence-electron chi connectivity index (χ2n) is 6.49. The second-order valence-corrected chi connectivity index (χ2v) is 6.89. The van der Waals surface area contributed by atoms with E-state index in [4.69, 9.17) is 25.8 Å². The summed E-state index contributed by atoms with van der Waals surface area (Å²) in [4.78, 5) is 4.63. The summed E-state index contributed by atoms with van der Waals surface area (Å²) in [6.07, 6.45) is 2.66. The third kappa shape index (κ3) is 4.37. The highest BCUT2D eigenvalue weighted by molar-refractivity contribution is 6.32. The van der Waals surface area contributed by atoms with E-state index in [1.807, 2.05) is 18.3 Å². The molecular formula is C17H24ClNO3. The Morgan fingerprint density at radius 3 is 2.77 bits per heavy atom. The van der Waals surface area contributed by atoms with Crippen molar-refractivity contribution in [2.24, 2.45) is 10.4 Å². The molecule has 0 radical (unpaired) electrons. The van der Waals surface area contributed by atoms with E-state index >= 15 is 0 Å². The summed E-state index contributed by atoms with van der Waals surface area (Å²) >= 11 is 6.28. The standard InChI is InChI=1S/C17H24ClNO3/c1-17(2,3)16-11-22-14-9-15(21-7-5-6-20-4)13(18)8-12(14)10-19-16/h8-10,16H,5-7,11H2,1-4H3/t16-/m0/s1. The lowest BCUT2D eigenvalue weighted by Crippen LogP contribution is -2.29. The second kappa shape index (κ2) is 7.34. The lowest BCUT2D eigenvalue weighted by Gasteiger charge is -2.25. The van der Waals surface area contributed by atoms with Crippen LogP contribution in [0, 0.1) is 5.41 Å². The summed E-state index contributed by atoms with van der Waals surface area (Å²) in [5.41, 5.74) is 0.947. The largest absolute Gasteiger partial charge is 0.492 e. The van der Waals surface area contributed by atoms with Crippen LogP contribution in [-0.4, -0.2) is 39.2 Å². The van der Waals surface area contributed by atoms with Gasteiger partial charge in [-0.2, -0.15) is 0 Å². The van der Waals surface area contributed by atoms with Crippen molar-refractivity contribution < 1.29 is 14.2 Å². The Kier molecular flexibility index (Phi) is 5.70. The van der Waals surface area contributed by atoms with E-state index in [9.17, 15) is 0 Å². The van der Waals surface area contributed by atoms with E-state index in [2.05, 4.69) is 25.8 Å². The minimum absolute atomic E-state index is 0.0574. The van der Waals surface area contributed by atoms with Gasteiger partial charge >= 0.3 is 0 Å². The molecular weight excluding hydrogens is 302 g/mol. The van der Waals surface area contributed by atoms with E-state index < -0.39 is 0 Å². The van der Waals surface area contributed by atoms with Gasteiger partial charge in [-0.1, -0.05) is 32.4 Å². The van der Waals surface area contributed by atoms with E-state index in [0.717, 1.165) is 17.7 Å². The fourth-order valence-corrected chi connectivity index (χ4v) is 2.35. The van der Waals surface area contributed by atoms with Crippen LogP contribution in [0.15, 0.2) is 17.1 Å². The topological polar surface area (TPSA) is 40.0 Å². The van der Waals surface area contributed by atoms with Crippen LogP contribution in [0.2, 0.25) is 5.02 Å². The number of fused-ring (bicyclic) bond motifs is 1. The number of benzene rings is 1. The number of methoxy groups -OCH3 is 1. The number of rotatable bonds is 5. The van der Waals surface area contributed by atoms with Crippen LogP contribution in [0.4, 0.5) is 0 Å². The minimum atomic E-state index is 0.0574. The molecule has 0 aliphatic carbocycles. The van der Waals surface area contributed by atoms with Crippen molar-refractivity contribution in [2.75, 3.05) is 26.9 Å². The van der Waals surface area contributed by atoms with E-state index in [1.54, 1.807) is 7.11 Å². The van der Waals surface area contributed by atoms with Crippen molar-refractivity contribution in [3.63, 3.8) is 0 Å². The van der Waals surface area contributed by atoms with Crippen LogP contribution < -0.4 is 9.47 Å². The summed E-state index contributed by atoms with van der Waals surface area (Å²) in [7, 11) is 1.67. The van der Waals surface area contributed by atoms with Crippen LogP contribution >= 0.6 is 11.6 Å². The Hall–Kier alpha value is -1.26. The average Bonchev–Trinajstić information content (AvgIpc) is 2.65. The third-order valence-electron chi connectivity index (χ3n) is 3.60. The normalized spacial score (nSPS) is 17.6. The zero-order valence-corrected chi connectivity index (χ0v) is 14.4. The van der Waals surface area contributed by atoms with Gasteiger partial charge in [0.2, 0.25) is 0 Å². The van der Waals surface area contributed by atoms with Crippen LogP contribution in [0.3, 0.4) is 0 Å². The van der Waals surface area contributed by atoms with E-state index in [0.29, 0.717) is 30.6 Å². The third-order valence-corrected chi connectivity index (χ3v) is 3.90. The van der Waals surface area contributed by atoms with Gasteiger partial charge in [0.25, 0.3) is 0 Å². The first-order valence-corrected chi connectivity index (χ1v) is 7.91. The molecule has 0 fully saturated rings. The molecule has 0 aromatic heterocycles. The Morgan fingerprint density at radius 2 is 2.09 bits per heavy atom. The van der Waals surface area contributed by atoms with E-state index in [-0.39, 0.29) is 11.5 Å². The van der Waals surface area contributed by atoms with Crippen molar-refractivity contribution in [1.29, 1.82) is 0 Å². The van der Waals surface area contributed by atoms with Crippen molar-refractivity contribution in [3.05, 3.63) is 22.7 Å². The molecule has 0 spiro atoms. The van der Waals surface area contributed by atoms with Gasteiger partial charge in [0.15, 0.2) is 0 Å². The van der Waals surface area contributed by atoms with Gasteiger partial charge in [0.1, 0.15) is 18.1 Å².